The van der Waals surface area contributed by atoms with Crippen molar-refractivity contribution in [2.45, 2.75) is 31.7 Å². The summed E-state index contributed by atoms with van der Waals surface area (Å²) in [6, 6.07) is 5.79. The summed E-state index contributed by atoms with van der Waals surface area (Å²) < 4.78 is 6.98. The van der Waals surface area contributed by atoms with Gasteiger partial charge in [0.1, 0.15) is 0 Å². The number of amides is 2. The fourth-order valence-corrected chi connectivity index (χ4v) is 3.03. The van der Waals surface area contributed by atoms with Crippen LogP contribution in [0.25, 0.3) is 5.65 Å². The van der Waals surface area contributed by atoms with Crippen molar-refractivity contribution < 1.29 is 9.53 Å². The number of pyridine rings is 1. The molecule has 1 aliphatic heterocycles. The van der Waals surface area contributed by atoms with Gasteiger partial charge in [-0.1, -0.05) is 6.07 Å². The zero-order chi connectivity index (χ0) is 16.1. The Morgan fingerprint density at radius 2 is 2.30 bits per heavy atom. The molecule has 2 aromatic rings. The van der Waals surface area contributed by atoms with Gasteiger partial charge in [-0.05, 0) is 37.8 Å². The molecule has 1 N–H and O–H groups in total. The molecule has 2 amide bonds. The highest BCUT2D eigenvalue weighted by Gasteiger charge is 2.33. The maximum absolute atomic E-state index is 12.4. The van der Waals surface area contributed by atoms with Gasteiger partial charge in [0.25, 0.3) is 0 Å². The molecule has 0 aromatic carbocycles. The van der Waals surface area contributed by atoms with Gasteiger partial charge in [0.05, 0.1) is 6.04 Å². The largest absolute Gasteiger partial charge is 0.385 e. The topological polar surface area (TPSA) is 71.8 Å². The number of aromatic nitrogens is 3. The second-order valence-corrected chi connectivity index (χ2v) is 5.77. The minimum atomic E-state index is -0.0161. The summed E-state index contributed by atoms with van der Waals surface area (Å²) in [6.07, 6.45) is 5.74. The molecule has 0 unspecified atom stereocenters. The number of unbranched alkanes of at least 4 members (excludes halogenated alkanes) is 1. The van der Waals surface area contributed by atoms with E-state index in [4.69, 9.17) is 4.74 Å². The molecule has 2 aromatic heterocycles. The lowest BCUT2D eigenvalue weighted by Gasteiger charge is -2.23. The van der Waals surface area contributed by atoms with Crippen LogP contribution in [0.4, 0.5) is 4.79 Å². The molecule has 1 atom stereocenters. The minimum absolute atomic E-state index is 0.00799. The van der Waals surface area contributed by atoms with Crippen LogP contribution in [0.1, 0.15) is 37.5 Å². The second kappa shape index (κ2) is 7.41. The molecule has 3 rings (SSSR count). The summed E-state index contributed by atoms with van der Waals surface area (Å²) in [4.78, 5) is 14.3. The number of carbonyl (C=O) groups excluding carboxylic acids is 1. The molecule has 0 spiro atoms. The van der Waals surface area contributed by atoms with E-state index in [9.17, 15) is 4.79 Å². The number of nitrogens with one attached hydrogen (secondary N) is 1. The number of urea groups is 1. The Morgan fingerprint density at radius 3 is 3.17 bits per heavy atom. The number of likely N-dealkylation sites (tertiary alicyclic amines) is 1. The highest BCUT2D eigenvalue weighted by Crippen LogP contribution is 2.30. The minimum Gasteiger partial charge on any atom is -0.385 e. The van der Waals surface area contributed by atoms with Gasteiger partial charge in [-0.2, -0.15) is 0 Å². The summed E-state index contributed by atoms with van der Waals surface area (Å²) in [6.45, 7) is 2.16. The SMILES string of the molecule is COCCCCNC(=O)N1CCC[C@H]1c1nnc2ccccn12. The first-order chi connectivity index (χ1) is 11.3. The van der Waals surface area contributed by atoms with E-state index in [1.54, 1.807) is 7.11 Å². The van der Waals surface area contributed by atoms with E-state index in [2.05, 4.69) is 15.5 Å². The van der Waals surface area contributed by atoms with Crippen LogP contribution in [0, 0.1) is 0 Å². The molecule has 1 saturated heterocycles. The molecule has 1 aliphatic rings. The maximum Gasteiger partial charge on any atom is 0.318 e. The third-order valence-electron chi connectivity index (χ3n) is 4.20. The fourth-order valence-electron chi connectivity index (χ4n) is 3.03. The predicted octanol–water partition coefficient (Wildman–Crippen LogP) is 2.00. The molecule has 23 heavy (non-hydrogen) atoms. The normalized spacial score (nSPS) is 17.8. The van der Waals surface area contributed by atoms with E-state index in [1.807, 2.05) is 33.7 Å². The number of methoxy groups -OCH3 is 1. The molecule has 0 radical (unpaired) electrons. The van der Waals surface area contributed by atoms with Crippen molar-refractivity contribution in [1.29, 1.82) is 0 Å². The molecule has 3 heterocycles. The number of carbonyl (C=O) groups is 1. The molecular formula is C16H23N5O2. The maximum atomic E-state index is 12.4. The summed E-state index contributed by atoms with van der Waals surface area (Å²) in [5.41, 5.74) is 0.814. The molecule has 7 nitrogen and oxygen atoms in total. The van der Waals surface area contributed by atoms with Gasteiger partial charge in [0.15, 0.2) is 11.5 Å². The monoisotopic (exact) mass is 317 g/mol. The average Bonchev–Trinajstić information content (AvgIpc) is 3.20. The molecular weight excluding hydrogens is 294 g/mol. The highest BCUT2D eigenvalue weighted by atomic mass is 16.5. The predicted molar refractivity (Wildman–Crippen MR) is 86.2 cm³/mol. The Balaban J connectivity index is 1.64. The summed E-state index contributed by atoms with van der Waals surface area (Å²) in [5.74, 6) is 0.840. The van der Waals surface area contributed by atoms with Gasteiger partial charge in [-0.3, -0.25) is 4.40 Å². The quantitative estimate of drug-likeness (QED) is 0.827. The lowest BCUT2D eigenvalue weighted by molar-refractivity contribution is 0.184. The zero-order valence-electron chi connectivity index (χ0n) is 13.4. The highest BCUT2D eigenvalue weighted by molar-refractivity contribution is 5.75. The average molecular weight is 317 g/mol. The third kappa shape index (κ3) is 3.44. The van der Waals surface area contributed by atoms with E-state index in [-0.39, 0.29) is 12.1 Å². The molecule has 0 bridgehead atoms. The van der Waals surface area contributed by atoms with Gasteiger partial charge in [0.2, 0.25) is 0 Å². The van der Waals surface area contributed by atoms with Crippen molar-refractivity contribution in [2.75, 3.05) is 26.8 Å². The van der Waals surface area contributed by atoms with Crippen molar-refractivity contribution in [3.63, 3.8) is 0 Å². The van der Waals surface area contributed by atoms with Crippen LogP contribution in [-0.4, -0.2) is 52.3 Å². The lowest BCUT2D eigenvalue weighted by atomic mass is 10.2. The van der Waals surface area contributed by atoms with Gasteiger partial charge in [-0.25, -0.2) is 4.79 Å². The molecule has 7 heteroatoms. The number of hydrogen-bond donors (Lipinski definition) is 1. The fraction of sp³-hybridized carbons (Fsp3) is 0.562. The Bertz CT molecular complexity index is 657. The molecule has 124 valence electrons. The van der Waals surface area contributed by atoms with E-state index >= 15 is 0 Å². The Labute approximate surface area is 135 Å². The van der Waals surface area contributed by atoms with Crippen LogP contribution in [-0.2, 0) is 4.74 Å². The van der Waals surface area contributed by atoms with E-state index in [0.717, 1.165) is 50.3 Å². The number of fused-ring (bicyclic) bond motifs is 1. The van der Waals surface area contributed by atoms with Crippen molar-refractivity contribution in [1.82, 2.24) is 24.8 Å². The van der Waals surface area contributed by atoms with Crippen LogP contribution in [0.5, 0.6) is 0 Å². The van der Waals surface area contributed by atoms with Crippen molar-refractivity contribution in [2.24, 2.45) is 0 Å². The first-order valence-corrected chi connectivity index (χ1v) is 8.14. The number of rotatable bonds is 6. The summed E-state index contributed by atoms with van der Waals surface area (Å²) in [7, 11) is 1.69. The van der Waals surface area contributed by atoms with Gasteiger partial charge in [-0.15, -0.1) is 10.2 Å². The van der Waals surface area contributed by atoms with E-state index < -0.39 is 0 Å². The van der Waals surface area contributed by atoms with Crippen LogP contribution < -0.4 is 5.32 Å². The number of nitrogens with zero attached hydrogens (tertiary/aromatic N) is 4. The Kier molecular flexibility index (Phi) is 5.07. The Hall–Kier alpha value is -2.15. The van der Waals surface area contributed by atoms with E-state index in [1.165, 1.54) is 0 Å². The first kappa shape index (κ1) is 15.7. The van der Waals surface area contributed by atoms with Crippen molar-refractivity contribution >= 4 is 11.7 Å². The lowest BCUT2D eigenvalue weighted by Crippen LogP contribution is -2.40. The summed E-state index contributed by atoms with van der Waals surface area (Å²) in [5, 5.41) is 11.5. The standard InChI is InChI=1S/C16H23N5O2/c1-23-12-5-3-9-17-16(22)20-11-6-7-13(20)15-19-18-14-8-2-4-10-21(14)15/h2,4,8,10,13H,3,5-7,9,11-12H2,1H3,(H,17,22)/t13-/m0/s1. The van der Waals surface area contributed by atoms with E-state index in [0.29, 0.717) is 6.54 Å². The molecule has 0 aliphatic carbocycles. The first-order valence-electron chi connectivity index (χ1n) is 8.14. The van der Waals surface area contributed by atoms with Crippen LogP contribution >= 0.6 is 0 Å². The molecule has 1 fully saturated rings. The zero-order valence-corrected chi connectivity index (χ0v) is 13.4. The summed E-state index contributed by atoms with van der Waals surface area (Å²) >= 11 is 0. The van der Waals surface area contributed by atoms with Crippen LogP contribution in [0.3, 0.4) is 0 Å². The molecule has 0 saturated carbocycles. The number of ether oxygens (including phenoxy) is 1. The number of hydrogen-bond acceptors (Lipinski definition) is 4. The van der Waals surface area contributed by atoms with Gasteiger partial charge >= 0.3 is 6.03 Å². The Morgan fingerprint density at radius 1 is 1.39 bits per heavy atom. The van der Waals surface area contributed by atoms with Gasteiger partial charge < -0.3 is 15.0 Å². The van der Waals surface area contributed by atoms with Gasteiger partial charge in [0, 0.05) is 33.0 Å². The second-order valence-electron chi connectivity index (χ2n) is 5.77. The van der Waals surface area contributed by atoms with Crippen molar-refractivity contribution in [3.05, 3.63) is 30.2 Å². The van der Waals surface area contributed by atoms with Crippen molar-refractivity contribution in [3.8, 4) is 0 Å². The van der Waals surface area contributed by atoms with Crippen LogP contribution in [0.15, 0.2) is 24.4 Å². The van der Waals surface area contributed by atoms with Crippen LogP contribution in [0.2, 0.25) is 0 Å². The third-order valence-corrected chi connectivity index (χ3v) is 4.20. The smallest absolute Gasteiger partial charge is 0.318 e.